The smallest absolute Gasteiger partial charge is 0.442 e. The number of nitrogens with zero attached hydrogens (tertiary/aromatic N) is 6. The van der Waals surface area contributed by atoms with E-state index in [-0.39, 0.29) is 33.8 Å². The van der Waals surface area contributed by atoms with Gasteiger partial charge in [0.15, 0.2) is 11.2 Å². The monoisotopic (exact) mass is 466 g/mol. The van der Waals surface area contributed by atoms with E-state index in [1.807, 2.05) is 68.4 Å². The van der Waals surface area contributed by atoms with Crippen molar-refractivity contribution in [2.75, 3.05) is 0 Å². The van der Waals surface area contributed by atoms with Crippen molar-refractivity contribution < 1.29 is 8.83 Å². The molecule has 8 nitrogen and oxygen atoms in total. The molecule has 0 aliphatic carbocycles. The lowest BCUT2D eigenvalue weighted by Gasteiger charge is -2.12. The van der Waals surface area contributed by atoms with Crippen molar-refractivity contribution in [3.63, 3.8) is 0 Å². The maximum absolute atomic E-state index is 9.43. The largest absolute Gasteiger partial charge is 0.582 e. The molecule has 0 fully saturated rings. The number of hydrogen-bond donors (Lipinski definition) is 0. The van der Waals surface area contributed by atoms with E-state index >= 15 is 0 Å². The second kappa shape index (κ2) is 8.58. The first-order valence-corrected chi connectivity index (χ1v) is 10.7. The fraction of sp³-hybridized carbons (Fsp3) is 0.0714. The molecule has 0 aliphatic heterocycles. The minimum Gasteiger partial charge on any atom is -0.442 e. The summed E-state index contributed by atoms with van der Waals surface area (Å²) in [4.78, 5) is 18.8. The van der Waals surface area contributed by atoms with Crippen molar-refractivity contribution in [1.29, 1.82) is 5.26 Å². The van der Waals surface area contributed by atoms with Crippen LogP contribution in [0.2, 0.25) is 0 Å². The molecule has 2 aromatic heterocycles. The summed E-state index contributed by atoms with van der Waals surface area (Å²) in [5.41, 5.74) is 5.63. The molecule has 0 spiro atoms. The summed E-state index contributed by atoms with van der Waals surface area (Å²) in [7, 11) is 0. The fourth-order valence-electron chi connectivity index (χ4n) is 3.96. The van der Waals surface area contributed by atoms with Crippen LogP contribution in [0.15, 0.2) is 57.4 Å². The van der Waals surface area contributed by atoms with Crippen LogP contribution >= 0.6 is 0 Å². The van der Waals surface area contributed by atoms with Crippen LogP contribution in [0.25, 0.3) is 70.5 Å². The predicted octanol–water partition coefficient (Wildman–Crippen LogP) is 5.38. The van der Waals surface area contributed by atoms with Crippen LogP contribution in [0.1, 0.15) is 11.1 Å². The number of hydrogen-bond acceptors (Lipinski definition) is 5. The van der Waals surface area contributed by atoms with Gasteiger partial charge in [-0.2, -0.15) is 0 Å². The lowest BCUT2D eigenvalue weighted by Crippen LogP contribution is -2.03. The Morgan fingerprint density at radius 2 is 1.17 bits per heavy atom. The molecule has 0 saturated carbocycles. The molecule has 2 heterocycles. The van der Waals surface area contributed by atoms with Gasteiger partial charge in [-0.25, -0.2) is 20.1 Å². The zero-order valence-corrected chi connectivity index (χ0v) is 19.1. The minimum absolute atomic E-state index is 0.140. The quantitative estimate of drug-likeness (QED) is 0.326. The molecule has 36 heavy (non-hydrogen) atoms. The van der Waals surface area contributed by atoms with Crippen LogP contribution in [-0.2, 0) is 0 Å². The number of rotatable bonds is 2. The van der Waals surface area contributed by atoms with Crippen LogP contribution in [0.4, 0.5) is 0 Å². The first-order valence-electron chi connectivity index (χ1n) is 10.7. The summed E-state index contributed by atoms with van der Waals surface area (Å²) >= 11 is 0. The second-order valence-corrected chi connectivity index (χ2v) is 7.99. The molecule has 0 radical (unpaired) electrons. The molecule has 3 aromatic carbocycles. The van der Waals surface area contributed by atoms with E-state index < -0.39 is 0 Å². The average molecular weight is 466 g/mol. The second-order valence-electron chi connectivity index (χ2n) is 7.99. The van der Waals surface area contributed by atoms with Crippen LogP contribution < -0.4 is 11.1 Å². The van der Waals surface area contributed by atoms with Crippen molar-refractivity contribution in [2.24, 2.45) is 0 Å². The standard InChI is InChI=1S/C28H14N6O2/c1-15-6-10-17(11-7-15)20-21(18-12-8-16(2)9-13-18)23-25(36-28(34-23)26(31-4)32-5)24-22(20)33-27(35-24)19(14-29)30-3/h6-13H,1-2H3/b27-19-. The number of fused-ring (bicyclic) bond motifs is 3. The predicted molar refractivity (Wildman–Crippen MR) is 133 cm³/mol. The Morgan fingerprint density at radius 1 is 0.722 bits per heavy atom. The van der Waals surface area contributed by atoms with Crippen molar-refractivity contribution in [3.05, 3.63) is 105 Å². The van der Waals surface area contributed by atoms with Crippen molar-refractivity contribution in [1.82, 2.24) is 9.97 Å². The van der Waals surface area contributed by atoms with Gasteiger partial charge < -0.3 is 8.83 Å². The first kappa shape index (κ1) is 22.1. The lowest BCUT2D eigenvalue weighted by molar-refractivity contribution is 0.530. The molecule has 0 N–H and O–H groups in total. The third-order valence-electron chi connectivity index (χ3n) is 5.69. The lowest BCUT2D eigenvalue weighted by atomic mass is 9.91. The van der Waals surface area contributed by atoms with Crippen molar-refractivity contribution >= 4 is 33.7 Å². The summed E-state index contributed by atoms with van der Waals surface area (Å²) in [5.74, 6) is -0.323. The number of benzene rings is 3. The fourth-order valence-corrected chi connectivity index (χ4v) is 3.96. The van der Waals surface area contributed by atoms with Crippen LogP contribution in [0.3, 0.4) is 0 Å². The first-order chi connectivity index (χ1) is 17.5. The van der Waals surface area contributed by atoms with E-state index in [9.17, 15) is 5.26 Å². The highest BCUT2D eigenvalue weighted by Crippen LogP contribution is 2.42. The van der Waals surface area contributed by atoms with E-state index in [0.717, 1.165) is 22.3 Å². The number of aromatic nitrogens is 2. The summed E-state index contributed by atoms with van der Waals surface area (Å²) in [6.07, 6.45) is 0. The summed E-state index contributed by atoms with van der Waals surface area (Å²) in [6.45, 7) is 26.0. The Kier molecular flexibility index (Phi) is 5.27. The van der Waals surface area contributed by atoms with Crippen molar-refractivity contribution in [3.8, 4) is 28.3 Å². The number of aryl methyl sites for hydroxylation is 2. The molecule has 5 rings (SSSR count). The zero-order chi connectivity index (χ0) is 25.4. The third-order valence-corrected chi connectivity index (χ3v) is 5.69. The SMILES string of the molecule is [C-]#[N+]C([N+]#[C-])=c1nc2c(-c3ccc(C)cc3)c(-c3ccc(C)cc3)c3n/c(=C(\C#N)[N+]#[C-])oc3c2o1. The number of oxazole rings is 2. The van der Waals surface area contributed by atoms with Gasteiger partial charge in [0.05, 0.1) is 12.6 Å². The molecule has 0 aliphatic rings. The summed E-state index contributed by atoms with van der Waals surface area (Å²) in [6, 6.07) is 17.5. The minimum atomic E-state index is -0.323. The molecule has 5 aromatic rings. The van der Waals surface area contributed by atoms with Gasteiger partial charge in [0.1, 0.15) is 24.2 Å². The topological polar surface area (TPSA) is 88.9 Å². The Morgan fingerprint density at radius 3 is 1.58 bits per heavy atom. The zero-order valence-electron chi connectivity index (χ0n) is 19.1. The van der Waals surface area contributed by atoms with E-state index in [4.69, 9.17) is 28.6 Å². The molecule has 0 amide bonds. The molecule has 0 atom stereocenters. The maximum Gasteiger partial charge on any atom is 0.582 e. The Balaban J connectivity index is 2.11. The molecular weight excluding hydrogens is 452 g/mol. The van der Waals surface area contributed by atoms with E-state index in [1.165, 1.54) is 0 Å². The van der Waals surface area contributed by atoms with Gasteiger partial charge in [0.25, 0.3) is 0 Å². The molecular formula is C28H14N6O2. The van der Waals surface area contributed by atoms with Gasteiger partial charge in [-0.1, -0.05) is 59.7 Å². The molecule has 168 valence electrons. The van der Waals surface area contributed by atoms with Gasteiger partial charge in [0, 0.05) is 11.1 Å². The Labute approximate surface area is 205 Å². The van der Waals surface area contributed by atoms with Gasteiger partial charge in [-0.15, -0.1) is 9.69 Å². The van der Waals surface area contributed by atoms with Crippen LogP contribution in [-0.4, -0.2) is 9.97 Å². The van der Waals surface area contributed by atoms with Gasteiger partial charge in [-0.05, 0) is 25.0 Å². The van der Waals surface area contributed by atoms with Gasteiger partial charge >= 0.3 is 17.1 Å². The maximum atomic E-state index is 9.43. The summed E-state index contributed by atoms with van der Waals surface area (Å²) in [5, 5.41) is 9.43. The van der Waals surface area contributed by atoms with Gasteiger partial charge in [-0.3, -0.25) is 0 Å². The normalized spacial score (nSPS) is 11.4. The Hall–Kier alpha value is -5.70. The van der Waals surface area contributed by atoms with Crippen LogP contribution in [0, 0.1) is 44.9 Å². The van der Waals surface area contributed by atoms with E-state index in [1.54, 1.807) is 0 Å². The molecule has 0 bridgehead atoms. The molecule has 0 saturated heterocycles. The van der Waals surface area contributed by atoms with Gasteiger partial charge in [0.2, 0.25) is 5.55 Å². The molecule has 0 unspecified atom stereocenters. The Bertz CT molecular complexity index is 1800. The highest BCUT2D eigenvalue weighted by Gasteiger charge is 2.26. The summed E-state index contributed by atoms with van der Waals surface area (Å²) < 4.78 is 11.8. The highest BCUT2D eigenvalue weighted by atomic mass is 16.4. The van der Waals surface area contributed by atoms with E-state index in [2.05, 4.69) is 24.5 Å². The highest BCUT2D eigenvalue weighted by molar-refractivity contribution is 6.15. The average Bonchev–Trinajstić information content (AvgIpc) is 3.51. The third kappa shape index (κ3) is 3.44. The van der Waals surface area contributed by atoms with Crippen LogP contribution in [0.5, 0.6) is 0 Å². The van der Waals surface area contributed by atoms with E-state index in [0.29, 0.717) is 22.2 Å². The van der Waals surface area contributed by atoms with Crippen molar-refractivity contribution in [2.45, 2.75) is 13.8 Å². The number of nitriles is 1. The molecule has 8 heteroatoms.